The van der Waals surface area contributed by atoms with Gasteiger partial charge in [0.1, 0.15) is 17.4 Å². The number of H-pyrrole nitrogens is 1. The highest BCUT2D eigenvalue weighted by atomic mass is 19.1. The fourth-order valence-electron chi connectivity index (χ4n) is 1.59. The monoisotopic (exact) mass is 249 g/mol. The van der Waals surface area contributed by atoms with Gasteiger partial charge in [-0.1, -0.05) is 6.92 Å². The zero-order chi connectivity index (χ0) is 13.1. The van der Waals surface area contributed by atoms with Crippen LogP contribution < -0.4 is 4.74 Å². The van der Waals surface area contributed by atoms with Crippen LogP contribution in [0.2, 0.25) is 0 Å². The number of nitrogens with one attached hydrogen (secondary N) is 1. The van der Waals surface area contributed by atoms with Crippen LogP contribution in [0.15, 0.2) is 12.1 Å². The van der Waals surface area contributed by atoms with Crippen LogP contribution in [0.1, 0.15) is 18.3 Å². The third-order valence-electron chi connectivity index (χ3n) is 2.56. The molecule has 1 heterocycles. The van der Waals surface area contributed by atoms with E-state index in [1.54, 1.807) is 6.92 Å². The number of rotatable bonds is 4. The maximum Gasteiger partial charge on any atom is 0.298 e. The van der Waals surface area contributed by atoms with Crippen LogP contribution in [0, 0.1) is 12.7 Å². The number of aromatic amines is 1. The number of halogens is 1. The van der Waals surface area contributed by atoms with E-state index in [-0.39, 0.29) is 5.56 Å². The molecular weight excluding hydrogens is 237 g/mol. The smallest absolute Gasteiger partial charge is 0.298 e. The maximum atomic E-state index is 13.8. The molecule has 0 atom stereocenters. The van der Waals surface area contributed by atoms with Gasteiger partial charge < -0.3 is 9.72 Å². The Hall–Kier alpha value is -2.24. The summed E-state index contributed by atoms with van der Waals surface area (Å²) in [6, 6.07) is 2.72. The number of hydrogen-bond acceptors (Lipinski definition) is 4. The van der Waals surface area contributed by atoms with Crippen molar-refractivity contribution in [3.63, 3.8) is 0 Å². The summed E-state index contributed by atoms with van der Waals surface area (Å²) in [6.45, 7) is 3.88. The van der Waals surface area contributed by atoms with E-state index >= 15 is 0 Å². The van der Waals surface area contributed by atoms with Crippen LogP contribution in [0.25, 0.3) is 11.4 Å². The molecule has 0 aliphatic rings. The zero-order valence-electron chi connectivity index (χ0n) is 10.0. The lowest BCUT2D eigenvalue weighted by Crippen LogP contribution is -1.95. The molecule has 1 aromatic carbocycles. The zero-order valence-corrected chi connectivity index (χ0v) is 10.0. The van der Waals surface area contributed by atoms with Crippen molar-refractivity contribution in [2.24, 2.45) is 0 Å². The highest BCUT2D eigenvalue weighted by molar-refractivity contribution is 5.61. The molecule has 1 aromatic heterocycles. The molecule has 6 heteroatoms. The molecule has 0 aliphatic carbocycles. The predicted molar refractivity (Wildman–Crippen MR) is 62.6 cm³/mol. The average Bonchev–Trinajstić information content (AvgIpc) is 2.81. The fourth-order valence-corrected chi connectivity index (χ4v) is 1.59. The Kier molecular flexibility index (Phi) is 3.36. The molecule has 0 spiro atoms. The average molecular weight is 249 g/mol. The fraction of sp³-hybridized carbons (Fsp3) is 0.250. The first-order chi connectivity index (χ1) is 8.65. The number of nitrogens with zero attached hydrogens (tertiary/aromatic N) is 2. The Balaban J connectivity index is 2.49. The molecule has 0 bridgehead atoms. The van der Waals surface area contributed by atoms with E-state index < -0.39 is 5.82 Å². The molecule has 1 N–H and O–H groups in total. The second-order valence-corrected chi connectivity index (χ2v) is 3.79. The normalized spacial score (nSPS) is 10.4. The Morgan fingerprint density at radius 3 is 2.83 bits per heavy atom. The molecule has 0 saturated carbocycles. The van der Waals surface area contributed by atoms with Crippen molar-refractivity contribution >= 4 is 6.47 Å². The molecule has 0 fully saturated rings. The highest BCUT2D eigenvalue weighted by Gasteiger charge is 2.13. The number of aromatic nitrogens is 3. The summed E-state index contributed by atoms with van der Waals surface area (Å²) < 4.78 is 18.6. The standard InChI is InChI=1S/C12H12FN3O2/c1-3-11-14-12(16-15-11)8-5-10(18-6-17)7(2)4-9(8)13/h4-6H,3H2,1-2H3,(H,14,15,16). The van der Waals surface area contributed by atoms with E-state index in [0.29, 0.717) is 35.9 Å². The van der Waals surface area contributed by atoms with Crippen LogP contribution in [0.4, 0.5) is 4.39 Å². The van der Waals surface area contributed by atoms with E-state index in [0.717, 1.165) is 0 Å². The molecule has 0 unspecified atom stereocenters. The van der Waals surface area contributed by atoms with Crippen molar-refractivity contribution in [3.05, 3.63) is 29.3 Å². The number of ether oxygens (including phenoxy) is 1. The number of hydrogen-bond donors (Lipinski definition) is 1. The third kappa shape index (κ3) is 2.22. The van der Waals surface area contributed by atoms with Crippen molar-refractivity contribution < 1.29 is 13.9 Å². The SMILES string of the molecule is CCc1nnc(-c2cc(OC=O)c(C)cc2F)[nH]1. The minimum Gasteiger partial charge on any atom is -0.428 e. The number of aryl methyl sites for hydroxylation is 2. The Morgan fingerprint density at radius 2 is 2.22 bits per heavy atom. The second-order valence-electron chi connectivity index (χ2n) is 3.79. The van der Waals surface area contributed by atoms with Gasteiger partial charge in [-0.25, -0.2) is 4.39 Å². The molecule has 5 nitrogen and oxygen atoms in total. The van der Waals surface area contributed by atoms with E-state index in [4.69, 9.17) is 4.74 Å². The van der Waals surface area contributed by atoms with Crippen LogP contribution >= 0.6 is 0 Å². The van der Waals surface area contributed by atoms with E-state index in [2.05, 4.69) is 15.2 Å². The van der Waals surface area contributed by atoms with Gasteiger partial charge in [0.15, 0.2) is 5.82 Å². The van der Waals surface area contributed by atoms with Crippen molar-refractivity contribution in [2.75, 3.05) is 0 Å². The number of benzene rings is 1. The van der Waals surface area contributed by atoms with Gasteiger partial charge in [0.05, 0.1) is 5.56 Å². The lowest BCUT2D eigenvalue weighted by Gasteiger charge is -2.06. The quantitative estimate of drug-likeness (QED) is 0.842. The van der Waals surface area contributed by atoms with Crippen molar-refractivity contribution in [1.82, 2.24) is 15.2 Å². The topological polar surface area (TPSA) is 67.9 Å². The van der Waals surface area contributed by atoms with Crippen LogP contribution in [-0.4, -0.2) is 21.7 Å². The third-order valence-corrected chi connectivity index (χ3v) is 2.56. The molecule has 2 aromatic rings. The Labute approximate surface area is 103 Å². The minimum absolute atomic E-state index is 0.227. The summed E-state index contributed by atoms with van der Waals surface area (Å²) in [5.41, 5.74) is 0.767. The van der Waals surface area contributed by atoms with E-state index in [1.165, 1.54) is 12.1 Å². The minimum atomic E-state index is -0.440. The van der Waals surface area contributed by atoms with Gasteiger partial charge in [-0.2, -0.15) is 0 Å². The van der Waals surface area contributed by atoms with Gasteiger partial charge in [-0.3, -0.25) is 4.79 Å². The maximum absolute atomic E-state index is 13.8. The Morgan fingerprint density at radius 1 is 1.44 bits per heavy atom. The first-order valence-electron chi connectivity index (χ1n) is 5.48. The molecule has 0 aliphatic heterocycles. The lowest BCUT2D eigenvalue weighted by atomic mass is 10.1. The highest BCUT2D eigenvalue weighted by Crippen LogP contribution is 2.27. The van der Waals surface area contributed by atoms with Crippen molar-refractivity contribution in [2.45, 2.75) is 20.3 Å². The van der Waals surface area contributed by atoms with Gasteiger partial charge in [0.2, 0.25) is 0 Å². The molecule has 0 amide bonds. The van der Waals surface area contributed by atoms with Gasteiger partial charge in [0.25, 0.3) is 6.47 Å². The van der Waals surface area contributed by atoms with Gasteiger partial charge >= 0.3 is 0 Å². The summed E-state index contributed by atoms with van der Waals surface area (Å²) in [4.78, 5) is 13.3. The molecule has 0 radical (unpaired) electrons. The molecule has 18 heavy (non-hydrogen) atoms. The first kappa shape index (κ1) is 12.2. The lowest BCUT2D eigenvalue weighted by molar-refractivity contribution is -0.120. The first-order valence-corrected chi connectivity index (χ1v) is 5.48. The van der Waals surface area contributed by atoms with E-state index in [1.807, 2.05) is 6.92 Å². The summed E-state index contributed by atoms with van der Waals surface area (Å²) in [7, 11) is 0. The largest absolute Gasteiger partial charge is 0.428 e. The van der Waals surface area contributed by atoms with Crippen molar-refractivity contribution in [3.8, 4) is 17.1 Å². The summed E-state index contributed by atoms with van der Waals surface area (Å²) in [6.07, 6.45) is 0.679. The molecular formula is C12H12FN3O2. The van der Waals surface area contributed by atoms with Crippen LogP contribution in [0.5, 0.6) is 5.75 Å². The summed E-state index contributed by atoms with van der Waals surface area (Å²) in [5.74, 6) is 0.850. The van der Waals surface area contributed by atoms with Crippen LogP contribution in [-0.2, 0) is 11.2 Å². The number of carbonyl (C=O) groups excluding carboxylic acids is 1. The summed E-state index contributed by atoms with van der Waals surface area (Å²) >= 11 is 0. The number of carbonyl (C=O) groups is 1. The van der Waals surface area contributed by atoms with Gasteiger partial charge in [-0.05, 0) is 24.6 Å². The molecule has 2 rings (SSSR count). The van der Waals surface area contributed by atoms with Gasteiger partial charge in [-0.15, -0.1) is 10.2 Å². The van der Waals surface area contributed by atoms with Crippen LogP contribution in [0.3, 0.4) is 0 Å². The summed E-state index contributed by atoms with van der Waals surface area (Å²) in [5, 5.41) is 7.73. The molecule has 94 valence electrons. The predicted octanol–water partition coefficient (Wildman–Crippen LogP) is 2.02. The second kappa shape index (κ2) is 4.95. The van der Waals surface area contributed by atoms with Gasteiger partial charge in [0, 0.05) is 6.42 Å². The van der Waals surface area contributed by atoms with E-state index in [9.17, 15) is 9.18 Å². The molecule has 0 saturated heterocycles. The Bertz CT molecular complexity index is 581. The van der Waals surface area contributed by atoms with Crippen molar-refractivity contribution in [1.29, 1.82) is 0 Å².